The van der Waals surface area contributed by atoms with Crippen molar-refractivity contribution in [3.63, 3.8) is 0 Å². The SMILES string of the molecule is Cc1nsc(Nc2cnc(C(F)(F)F)cn2)c1C(=O)Nc1ccc(F)c(OCC2CCN(CCC(F)(F)F)C2)c1. The first-order valence-corrected chi connectivity index (χ1v) is 12.7. The molecule has 0 bridgehead atoms. The number of carbonyl (C=O) groups is 1. The Balaban J connectivity index is 1.37. The number of hydrogen-bond donors (Lipinski definition) is 2. The fourth-order valence-corrected chi connectivity index (χ4v) is 4.81. The fourth-order valence-electron chi connectivity index (χ4n) is 4.01. The highest BCUT2D eigenvalue weighted by Crippen LogP contribution is 2.31. The van der Waals surface area contributed by atoms with E-state index in [1.807, 2.05) is 0 Å². The molecule has 1 amide bonds. The van der Waals surface area contributed by atoms with E-state index in [2.05, 4.69) is 25.0 Å². The summed E-state index contributed by atoms with van der Waals surface area (Å²) < 4.78 is 99.7. The number of hydrogen-bond acceptors (Lipinski definition) is 8. The maximum atomic E-state index is 14.4. The molecule has 0 aliphatic carbocycles. The number of carbonyl (C=O) groups excluding carboxylic acids is 1. The highest BCUT2D eigenvalue weighted by molar-refractivity contribution is 7.10. The molecule has 1 unspecified atom stereocenters. The topological polar surface area (TPSA) is 92.3 Å². The standard InChI is InChI=1S/C24H23F7N6O2S/c1-13-20(22(40-36-13)35-19-10-32-18(9-33-19)24(29,30)31)21(38)34-15-2-3-16(25)17(8-15)39-12-14-4-6-37(11-14)7-5-23(26,27)28/h2-3,8-10,14H,4-7,11-12H2,1H3,(H,33,35)(H,34,38). The van der Waals surface area contributed by atoms with Crippen LogP contribution in [0.15, 0.2) is 30.6 Å². The number of amides is 1. The average Bonchev–Trinajstić information content (AvgIpc) is 3.48. The van der Waals surface area contributed by atoms with Crippen LogP contribution in [0.5, 0.6) is 5.75 Å². The highest BCUT2D eigenvalue weighted by atomic mass is 32.1. The number of aryl methyl sites for hydroxylation is 1. The summed E-state index contributed by atoms with van der Waals surface area (Å²) >= 11 is 0.889. The van der Waals surface area contributed by atoms with E-state index in [0.29, 0.717) is 31.4 Å². The number of ether oxygens (including phenoxy) is 1. The van der Waals surface area contributed by atoms with E-state index in [9.17, 15) is 35.5 Å². The molecule has 1 aliphatic heterocycles. The van der Waals surface area contributed by atoms with Crippen molar-refractivity contribution in [2.45, 2.75) is 32.1 Å². The predicted molar refractivity (Wildman–Crippen MR) is 132 cm³/mol. The largest absolute Gasteiger partial charge is 0.490 e. The molecule has 2 aromatic heterocycles. The number of nitrogens with zero attached hydrogens (tertiary/aromatic N) is 4. The number of anilines is 3. The lowest BCUT2D eigenvalue weighted by Crippen LogP contribution is -2.27. The first kappa shape index (κ1) is 29.5. The lowest BCUT2D eigenvalue weighted by Gasteiger charge is -2.17. The maximum Gasteiger partial charge on any atom is 0.434 e. The van der Waals surface area contributed by atoms with Crippen LogP contribution in [0.1, 0.15) is 34.6 Å². The van der Waals surface area contributed by atoms with E-state index in [1.165, 1.54) is 12.1 Å². The van der Waals surface area contributed by atoms with Crippen molar-refractivity contribution in [2.24, 2.45) is 5.92 Å². The van der Waals surface area contributed by atoms with Crippen molar-refractivity contribution in [1.82, 2.24) is 19.2 Å². The minimum Gasteiger partial charge on any atom is -0.490 e. The number of alkyl halides is 6. The third-order valence-electron chi connectivity index (χ3n) is 6.02. The monoisotopic (exact) mass is 592 g/mol. The molecule has 2 N–H and O–H groups in total. The van der Waals surface area contributed by atoms with Crippen LogP contribution in [-0.2, 0) is 6.18 Å². The molecule has 1 fully saturated rings. The van der Waals surface area contributed by atoms with Gasteiger partial charge in [0.15, 0.2) is 17.3 Å². The minimum atomic E-state index is -4.65. The van der Waals surface area contributed by atoms with Crippen molar-refractivity contribution < 1.29 is 40.3 Å². The zero-order valence-corrected chi connectivity index (χ0v) is 21.7. The van der Waals surface area contributed by atoms with Gasteiger partial charge in [-0.25, -0.2) is 14.4 Å². The van der Waals surface area contributed by atoms with Gasteiger partial charge in [0.1, 0.15) is 10.8 Å². The maximum absolute atomic E-state index is 14.4. The molecule has 1 aromatic carbocycles. The second-order valence-corrected chi connectivity index (χ2v) is 9.89. The molecule has 1 aliphatic rings. The van der Waals surface area contributed by atoms with Crippen molar-refractivity contribution in [2.75, 3.05) is 36.9 Å². The number of rotatable bonds is 9. The van der Waals surface area contributed by atoms with Crippen LogP contribution in [0.4, 0.5) is 47.2 Å². The Morgan fingerprint density at radius 2 is 1.95 bits per heavy atom. The van der Waals surface area contributed by atoms with Crippen molar-refractivity contribution in [3.05, 3.63) is 53.4 Å². The van der Waals surface area contributed by atoms with Gasteiger partial charge in [-0.2, -0.15) is 30.7 Å². The van der Waals surface area contributed by atoms with E-state index in [0.717, 1.165) is 23.8 Å². The molecule has 0 saturated carbocycles. The van der Waals surface area contributed by atoms with Gasteiger partial charge in [-0.1, -0.05) is 0 Å². The second kappa shape index (κ2) is 11.9. The van der Waals surface area contributed by atoms with Gasteiger partial charge in [-0.05, 0) is 43.6 Å². The van der Waals surface area contributed by atoms with Crippen LogP contribution >= 0.6 is 11.5 Å². The summed E-state index contributed by atoms with van der Waals surface area (Å²) in [5.74, 6) is -1.55. The van der Waals surface area contributed by atoms with Gasteiger partial charge in [0.25, 0.3) is 5.91 Å². The Hall–Kier alpha value is -3.53. The smallest absolute Gasteiger partial charge is 0.434 e. The Morgan fingerprint density at radius 3 is 2.62 bits per heavy atom. The molecule has 16 heteroatoms. The number of aromatic nitrogens is 3. The van der Waals surface area contributed by atoms with Gasteiger partial charge in [-0.3, -0.25) is 4.79 Å². The Labute approximate surface area is 227 Å². The molecule has 8 nitrogen and oxygen atoms in total. The quantitative estimate of drug-likeness (QED) is 0.293. The summed E-state index contributed by atoms with van der Waals surface area (Å²) in [5, 5.41) is 5.56. The first-order valence-electron chi connectivity index (χ1n) is 11.9. The van der Waals surface area contributed by atoms with E-state index in [4.69, 9.17) is 4.74 Å². The van der Waals surface area contributed by atoms with Crippen LogP contribution < -0.4 is 15.4 Å². The molecular formula is C24H23F7N6O2S. The lowest BCUT2D eigenvalue weighted by atomic mass is 10.1. The molecular weight excluding hydrogens is 569 g/mol. The fraction of sp³-hybridized carbons (Fsp3) is 0.417. The summed E-state index contributed by atoms with van der Waals surface area (Å²) in [6.07, 6.45) is -7.73. The van der Waals surface area contributed by atoms with Crippen LogP contribution in [0, 0.1) is 18.7 Å². The predicted octanol–water partition coefficient (Wildman–Crippen LogP) is 6.05. The molecule has 4 rings (SSSR count). The molecule has 1 saturated heterocycles. The number of nitrogens with one attached hydrogen (secondary N) is 2. The van der Waals surface area contributed by atoms with E-state index < -0.39 is 36.2 Å². The minimum absolute atomic E-state index is 0.0351. The molecule has 3 aromatic rings. The molecule has 0 spiro atoms. The van der Waals surface area contributed by atoms with Crippen molar-refractivity contribution in [3.8, 4) is 5.75 Å². The molecule has 1 atom stereocenters. The van der Waals surface area contributed by atoms with Gasteiger partial charge in [0, 0.05) is 30.8 Å². The van der Waals surface area contributed by atoms with Gasteiger partial charge >= 0.3 is 12.4 Å². The Kier molecular flexibility index (Phi) is 8.77. The van der Waals surface area contributed by atoms with Crippen LogP contribution in [0.3, 0.4) is 0 Å². The third-order valence-corrected chi connectivity index (χ3v) is 6.87. The Morgan fingerprint density at radius 1 is 1.18 bits per heavy atom. The molecule has 3 heterocycles. The second-order valence-electron chi connectivity index (χ2n) is 9.11. The van der Waals surface area contributed by atoms with Crippen LogP contribution in [0.2, 0.25) is 0 Å². The number of benzene rings is 1. The van der Waals surface area contributed by atoms with Crippen LogP contribution in [0.25, 0.3) is 0 Å². The summed E-state index contributed by atoms with van der Waals surface area (Å²) in [5.41, 5.74) is -0.536. The number of halogens is 7. The van der Waals surface area contributed by atoms with Crippen LogP contribution in [-0.4, -0.2) is 57.6 Å². The zero-order chi connectivity index (χ0) is 29.1. The van der Waals surface area contributed by atoms with Crippen molar-refractivity contribution in [1.29, 1.82) is 0 Å². The first-order chi connectivity index (χ1) is 18.8. The molecule has 0 radical (unpaired) electrons. The summed E-state index contributed by atoms with van der Waals surface area (Å²) in [6.45, 7) is 2.44. The molecule has 40 heavy (non-hydrogen) atoms. The van der Waals surface area contributed by atoms with Gasteiger partial charge in [0.2, 0.25) is 0 Å². The summed E-state index contributed by atoms with van der Waals surface area (Å²) in [6, 6.07) is 3.70. The van der Waals surface area contributed by atoms with Gasteiger partial charge in [0.05, 0.1) is 36.7 Å². The zero-order valence-electron chi connectivity index (χ0n) is 20.9. The Bertz CT molecular complexity index is 1330. The highest BCUT2D eigenvalue weighted by Gasteiger charge is 2.33. The number of likely N-dealkylation sites (tertiary alicyclic amines) is 1. The normalized spacial score (nSPS) is 16.2. The summed E-state index contributed by atoms with van der Waals surface area (Å²) in [4.78, 5) is 21.7. The lowest BCUT2D eigenvalue weighted by molar-refractivity contribution is -0.141. The third kappa shape index (κ3) is 7.78. The molecule has 216 valence electrons. The van der Waals surface area contributed by atoms with Gasteiger partial charge < -0.3 is 20.3 Å². The van der Waals surface area contributed by atoms with E-state index in [-0.39, 0.29) is 46.9 Å². The average molecular weight is 593 g/mol. The van der Waals surface area contributed by atoms with E-state index in [1.54, 1.807) is 11.8 Å². The van der Waals surface area contributed by atoms with Gasteiger partial charge in [-0.15, -0.1) is 0 Å². The van der Waals surface area contributed by atoms with Crippen molar-refractivity contribution >= 4 is 33.9 Å². The summed E-state index contributed by atoms with van der Waals surface area (Å²) in [7, 11) is 0. The van der Waals surface area contributed by atoms with E-state index >= 15 is 0 Å².